The van der Waals surface area contributed by atoms with Gasteiger partial charge in [-0.2, -0.15) is 0 Å². The molecule has 1 aliphatic heterocycles. The summed E-state index contributed by atoms with van der Waals surface area (Å²) in [5.41, 5.74) is 2.64. The van der Waals surface area contributed by atoms with Crippen LogP contribution in [0.4, 0.5) is 5.69 Å². The van der Waals surface area contributed by atoms with Crippen LogP contribution in [0, 0.1) is 0 Å². The first kappa shape index (κ1) is 16.0. The van der Waals surface area contributed by atoms with Crippen molar-refractivity contribution in [1.82, 2.24) is 4.98 Å². The normalized spacial score (nSPS) is 13.4. The average molecular weight is 397 g/mol. The molecule has 0 atom stereocenters. The third-order valence-corrected chi connectivity index (χ3v) is 4.91. The quantitative estimate of drug-likeness (QED) is 0.639. The molecule has 0 bridgehead atoms. The maximum Gasteiger partial charge on any atom is 0.258 e. The second-order valence-electron chi connectivity index (χ2n) is 5.92. The molecule has 0 unspecified atom stereocenters. The van der Waals surface area contributed by atoms with E-state index < -0.39 is 0 Å². The predicted octanol–water partition coefficient (Wildman–Crippen LogP) is 2.00. The molecular formula is C18H14BBrN2O3. The number of hydrogen-bond donors (Lipinski definition) is 1. The molecule has 1 aliphatic rings. The lowest BCUT2D eigenvalue weighted by Gasteiger charge is -2.30. The number of rotatable bonds is 1. The zero-order chi connectivity index (χ0) is 17.6. The number of fused-ring (bicyclic) bond motifs is 3. The van der Waals surface area contributed by atoms with Crippen molar-refractivity contribution in [3.63, 3.8) is 0 Å². The minimum Gasteiger partial charge on any atom is -0.507 e. The second-order valence-corrected chi connectivity index (χ2v) is 6.77. The first-order chi connectivity index (χ1) is 12.1. The first-order valence-corrected chi connectivity index (χ1v) is 8.67. The number of phenolic OH excluding ortho intramolecular Hbond substituents is 1. The SMILES string of the molecule is Bc1cc(C(=O)N2CCOc3c2cnc2ccccc32)cc(Br)c1O. The summed E-state index contributed by atoms with van der Waals surface area (Å²) in [4.78, 5) is 19.2. The number of carbonyl (C=O) groups is 1. The second kappa shape index (κ2) is 6.08. The Labute approximate surface area is 153 Å². The fourth-order valence-electron chi connectivity index (χ4n) is 3.04. The zero-order valence-corrected chi connectivity index (χ0v) is 15.1. The van der Waals surface area contributed by atoms with Crippen LogP contribution < -0.4 is 15.1 Å². The molecule has 7 heteroatoms. The summed E-state index contributed by atoms with van der Waals surface area (Å²) in [5.74, 6) is 0.678. The van der Waals surface area contributed by atoms with Gasteiger partial charge in [0, 0.05) is 10.9 Å². The van der Waals surface area contributed by atoms with Crippen molar-refractivity contribution in [2.75, 3.05) is 18.1 Å². The third-order valence-electron chi connectivity index (χ3n) is 4.31. The number of ether oxygens (including phenoxy) is 1. The lowest BCUT2D eigenvalue weighted by molar-refractivity contribution is 0.0977. The fourth-order valence-corrected chi connectivity index (χ4v) is 3.60. The first-order valence-electron chi connectivity index (χ1n) is 7.88. The van der Waals surface area contributed by atoms with E-state index in [9.17, 15) is 9.90 Å². The van der Waals surface area contributed by atoms with Crippen LogP contribution in [0.2, 0.25) is 0 Å². The van der Waals surface area contributed by atoms with Gasteiger partial charge in [0.15, 0.2) is 5.75 Å². The number of para-hydroxylation sites is 1. The Balaban J connectivity index is 1.81. The van der Waals surface area contributed by atoms with Gasteiger partial charge in [0.2, 0.25) is 0 Å². The van der Waals surface area contributed by atoms with Gasteiger partial charge in [-0.25, -0.2) is 0 Å². The Morgan fingerprint density at radius 2 is 2.12 bits per heavy atom. The van der Waals surface area contributed by atoms with Gasteiger partial charge in [-0.3, -0.25) is 9.78 Å². The lowest BCUT2D eigenvalue weighted by Crippen LogP contribution is -2.38. The Hall–Kier alpha value is -2.54. The monoisotopic (exact) mass is 396 g/mol. The molecule has 1 N–H and O–H groups in total. The number of aromatic hydroxyl groups is 1. The molecule has 1 amide bonds. The van der Waals surface area contributed by atoms with Crippen LogP contribution in [0.15, 0.2) is 47.1 Å². The highest BCUT2D eigenvalue weighted by molar-refractivity contribution is 9.10. The molecule has 2 aromatic carbocycles. The van der Waals surface area contributed by atoms with Gasteiger partial charge < -0.3 is 14.7 Å². The third kappa shape index (κ3) is 2.64. The van der Waals surface area contributed by atoms with E-state index in [0.717, 1.165) is 10.9 Å². The highest BCUT2D eigenvalue weighted by Crippen LogP contribution is 2.38. The van der Waals surface area contributed by atoms with Crippen molar-refractivity contribution >= 4 is 51.7 Å². The number of nitrogens with zero attached hydrogens (tertiary/aromatic N) is 2. The summed E-state index contributed by atoms with van der Waals surface area (Å²) in [6, 6.07) is 11.0. The van der Waals surface area contributed by atoms with E-state index in [1.54, 1.807) is 31.1 Å². The Kier molecular flexibility index (Phi) is 3.88. The van der Waals surface area contributed by atoms with Crippen LogP contribution in [0.5, 0.6) is 11.5 Å². The van der Waals surface area contributed by atoms with Crippen molar-refractivity contribution in [2.45, 2.75) is 0 Å². The van der Waals surface area contributed by atoms with Crippen molar-refractivity contribution in [3.05, 3.63) is 52.6 Å². The molecule has 25 heavy (non-hydrogen) atoms. The van der Waals surface area contributed by atoms with Gasteiger partial charge in [0.05, 0.1) is 22.7 Å². The summed E-state index contributed by atoms with van der Waals surface area (Å²) in [6.07, 6.45) is 1.68. The van der Waals surface area contributed by atoms with Gasteiger partial charge >= 0.3 is 0 Å². The Morgan fingerprint density at radius 1 is 1.32 bits per heavy atom. The number of aromatic nitrogens is 1. The molecule has 0 aliphatic carbocycles. The number of phenols is 1. The number of hydrogen-bond acceptors (Lipinski definition) is 4. The number of pyridine rings is 1. The average Bonchev–Trinajstić information content (AvgIpc) is 2.64. The molecule has 0 saturated carbocycles. The topological polar surface area (TPSA) is 62.7 Å². The summed E-state index contributed by atoms with van der Waals surface area (Å²) in [7, 11) is 1.76. The van der Waals surface area contributed by atoms with Gasteiger partial charge in [-0.15, -0.1) is 0 Å². The van der Waals surface area contributed by atoms with Crippen LogP contribution >= 0.6 is 15.9 Å². The van der Waals surface area contributed by atoms with Gasteiger partial charge in [-0.05, 0) is 39.6 Å². The van der Waals surface area contributed by atoms with Crippen LogP contribution in [0.1, 0.15) is 10.4 Å². The molecule has 124 valence electrons. The van der Waals surface area contributed by atoms with Crippen molar-refractivity contribution in [3.8, 4) is 11.5 Å². The van der Waals surface area contributed by atoms with Crippen molar-refractivity contribution < 1.29 is 14.6 Å². The molecule has 0 fully saturated rings. The molecule has 3 aromatic rings. The van der Waals surface area contributed by atoms with Crippen LogP contribution in [0.3, 0.4) is 0 Å². The minimum atomic E-state index is -0.148. The standard InChI is InChI=1S/C18H14BBrN2O3/c19-12-7-10(8-13(20)16(12)23)18(24)22-5-6-25-17-11-3-1-2-4-14(11)21-9-15(17)22/h1-4,7-9,23H,5-6,19H2. The minimum absolute atomic E-state index is 0.145. The Bertz CT molecular complexity index is 986. The van der Waals surface area contributed by atoms with Crippen LogP contribution in [-0.4, -0.2) is 37.0 Å². The highest BCUT2D eigenvalue weighted by atomic mass is 79.9. The summed E-state index contributed by atoms with van der Waals surface area (Å²) < 4.78 is 6.34. The smallest absolute Gasteiger partial charge is 0.258 e. The van der Waals surface area contributed by atoms with E-state index >= 15 is 0 Å². The van der Waals surface area contributed by atoms with E-state index in [1.807, 2.05) is 24.3 Å². The maximum absolute atomic E-state index is 13.1. The molecule has 0 radical (unpaired) electrons. The lowest BCUT2D eigenvalue weighted by atomic mass is 9.92. The zero-order valence-electron chi connectivity index (χ0n) is 13.5. The largest absolute Gasteiger partial charge is 0.507 e. The number of carbonyl (C=O) groups excluding carboxylic acids is 1. The van der Waals surface area contributed by atoms with Gasteiger partial charge in [0.25, 0.3) is 5.91 Å². The Morgan fingerprint density at radius 3 is 2.92 bits per heavy atom. The van der Waals surface area contributed by atoms with Crippen LogP contribution in [0.25, 0.3) is 10.9 Å². The fraction of sp³-hybridized carbons (Fsp3) is 0.111. The maximum atomic E-state index is 13.1. The van der Waals surface area contributed by atoms with Crippen molar-refractivity contribution in [1.29, 1.82) is 0 Å². The van der Waals surface area contributed by atoms with E-state index in [2.05, 4.69) is 20.9 Å². The molecular weight excluding hydrogens is 383 g/mol. The van der Waals surface area contributed by atoms with E-state index in [-0.39, 0.29) is 11.7 Å². The van der Waals surface area contributed by atoms with E-state index in [0.29, 0.717) is 40.1 Å². The molecule has 4 rings (SSSR count). The van der Waals surface area contributed by atoms with E-state index in [4.69, 9.17) is 4.74 Å². The number of benzene rings is 2. The van der Waals surface area contributed by atoms with E-state index in [1.165, 1.54) is 0 Å². The number of amides is 1. The van der Waals surface area contributed by atoms with Crippen LogP contribution in [-0.2, 0) is 0 Å². The van der Waals surface area contributed by atoms with Gasteiger partial charge in [0.1, 0.15) is 25.9 Å². The molecule has 1 aromatic heterocycles. The van der Waals surface area contributed by atoms with Crippen molar-refractivity contribution in [2.24, 2.45) is 0 Å². The number of halogens is 1. The summed E-state index contributed by atoms with van der Waals surface area (Å²) in [5, 5.41) is 10.8. The summed E-state index contributed by atoms with van der Waals surface area (Å²) >= 11 is 3.30. The molecule has 0 spiro atoms. The highest BCUT2D eigenvalue weighted by Gasteiger charge is 2.27. The van der Waals surface area contributed by atoms with Gasteiger partial charge in [-0.1, -0.05) is 18.2 Å². The summed E-state index contributed by atoms with van der Waals surface area (Å²) in [6.45, 7) is 0.869. The predicted molar refractivity (Wildman–Crippen MR) is 103 cm³/mol. The molecule has 5 nitrogen and oxygen atoms in total. The molecule has 0 saturated heterocycles. The number of anilines is 1. The molecule has 2 heterocycles.